The molecule has 2 nitrogen and oxygen atoms in total. The summed E-state index contributed by atoms with van der Waals surface area (Å²) in [6.07, 6.45) is 2.46. The van der Waals surface area contributed by atoms with Crippen LogP contribution in [0.15, 0.2) is 35.0 Å². The largest absolute Gasteiger partial charge is 0.364 e. The minimum Gasteiger partial charge on any atom is -0.364 e. The van der Waals surface area contributed by atoms with Gasteiger partial charge in [0, 0.05) is 23.8 Å². The summed E-state index contributed by atoms with van der Waals surface area (Å²) in [6.45, 7) is 2.45. The second-order valence-corrected chi connectivity index (χ2v) is 6.40. The fraction of sp³-hybridized carbons (Fsp3) is 0.312. The van der Waals surface area contributed by atoms with Gasteiger partial charge in [-0.2, -0.15) is 11.3 Å². The van der Waals surface area contributed by atoms with E-state index in [1.54, 1.807) is 18.3 Å². The zero-order valence-corrected chi connectivity index (χ0v) is 12.9. The van der Waals surface area contributed by atoms with Crippen molar-refractivity contribution in [3.8, 4) is 0 Å². The highest BCUT2D eigenvalue weighted by Gasteiger charge is 2.29. The van der Waals surface area contributed by atoms with Gasteiger partial charge in [-0.1, -0.05) is 11.6 Å². The topological polar surface area (TPSA) is 20.3 Å². The summed E-state index contributed by atoms with van der Waals surface area (Å²) in [6, 6.07) is 8.53. The van der Waals surface area contributed by atoms with Gasteiger partial charge < -0.3 is 4.90 Å². The normalized spacial score (nSPS) is 14.3. The van der Waals surface area contributed by atoms with Crippen molar-refractivity contribution in [3.63, 3.8) is 0 Å². The van der Waals surface area contributed by atoms with E-state index >= 15 is 0 Å². The lowest BCUT2D eigenvalue weighted by Crippen LogP contribution is -2.24. The average Bonchev–Trinajstić information content (AvgIpc) is 3.12. The van der Waals surface area contributed by atoms with Gasteiger partial charge in [-0.05, 0) is 60.4 Å². The van der Waals surface area contributed by atoms with Crippen LogP contribution in [0.1, 0.15) is 35.7 Å². The number of carbonyl (C=O) groups is 1. The summed E-state index contributed by atoms with van der Waals surface area (Å²) in [7, 11) is 0. The van der Waals surface area contributed by atoms with Gasteiger partial charge in [0.05, 0.1) is 5.02 Å². The molecule has 1 fully saturated rings. The van der Waals surface area contributed by atoms with Crippen molar-refractivity contribution >= 4 is 34.4 Å². The van der Waals surface area contributed by atoms with E-state index in [1.807, 2.05) is 18.2 Å². The van der Waals surface area contributed by atoms with Crippen LogP contribution in [0.5, 0.6) is 0 Å². The third kappa shape index (κ3) is 2.89. The number of hydrogen-bond donors (Lipinski definition) is 0. The first-order valence-electron chi connectivity index (χ1n) is 6.73. The Bertz CT molecular complexity index is 619. The standard InChI is InChI=1S/C16H16ClNOS/c1-11(19)15-5-4-14(8-16(15)17)18(13-2-3-13)9-12-6-7-20-10-12/h4-8,10,13H,2-3,9H2,1H3. The van der Waals surface area contributed by atoms with Gasteiger partial charge in [0.1, 0.15) is 0 Å². The summed E-state index contributed by atoms with van der Waals surface area (Å²) in [5.41, 5.74) is 3.03. The van der Waals surface area contributed by atoms with E-state index in [2.05, 4.69) is 21.7 Å². The van der Waals surface area contributed by atoms with Gasteiger partial charge in [-0.3, -0.25) is 4.79 Å². The molecule has 3 rings (SSSR count). The van der Waals surface area contributed by atoms with Gasteiger partial charge in [-0.15, -0.1) is 0 Å². The average molecular weight is 306 g/mol. The van der Waals surface area contributed by atoms with Crippen LogP contribution in [0.4, 0.5) is 5.69 Å². The van der Waals surface area contributed by atoms with E-state index < -0.39 is 0 Å². The maximum Gasteiger partial charge on any atom is 0.161 e. The van der Waals surface area contributed by atoms with Crippen LogP contribution in [0.25, 0.3) is 0 Å². The predicted molar refractivity (Wildman–Crippen MR) is 85.0 cm³/mol. The lowest BCUT2D eigenvalue weighted by atomic mass is 10.1. The third-order valence-electron chi connectivity index (χ3n) is 3.58. The van der Waals surface area contributed by atoms with E-state index in [1.165, 1.54) is 18.4 Å². The molecular weight excluding hydrogens is 290 g/mol. The van der Waals surface area contributed by atoms with Crippen LogP contribution < -0.4 is 4.90 Å². The number of benzene rings is 1. The fourth-order valence-electron chi connectivity index (χ4n) is 2.36. The Labute approximate surface area is 128 Å². The maximum absolute atomic E-state index is 11.5. The van der Waals surface area contributed by atoms with Crippen molar-refractivity contribution in [2.45, 2.75) is 32.4 Å². The molecule has 0 radical (unpaired) electrons. The molecule has 0 aliphatic heterocycles. The summed E-state index contributed by atoms with van der Waals surface area (Å²) in [4.78, 5) is 13.8. The molecule has 0 unspecified atom stereocenters. The zero-order valence-electron chi connectivity index (χ0n) is 11.3. The number of hydrogen-bond acceptors (Lipinski definition) is 3. The molecular formula is C16H16ClNOS. The summed E-state index contributed by atoms with van der Waals surface area (Å²) in [5, 5.41) is 4.83. The van der Waals surface area contributed by atoms with Crippen LogP contribution in [0, 0.1) is 0 Å². The van der Waals surface area contributed by atoms with Crippen molar-refractivity contribution in [1.82, 2.24) is 0 Å². The zero-order chi connectivity index (χ0) is 14.1. The molecule has 0 N–H and O–H groups in total. The van der Waals surface area contributed by atoms with E-state index in [-0.39, 0.29) is 5.78 Å². The van der Waals surface area contributed by atoms with Crippen molar-refractivity contribution in [3.05, 3.63) is 51.2 Å². The molecule has 0 spiro atoms. The molecule has 0 amide bonds. The molecule has 2 aromatic rings. The number of ketones is 1. The van der Waals surface area contributed by atoms with Crippen molar-refractivity contribution < 1.29 is 4.79 Å². The SMILES string of the molecule is CC(=O)c1ccc(N(Cc2ccsc2)C2CC2)cc1Cl. The molecule has 1 aliphatic carbocycles. The molecule has 1 aromatic heterocycles. The molecule has 1 saturated carbocycles. The van der Waals surface area contributed by atoms with Gasteiger partial charge in [-0.25, -0.2) is 0 Å². The maximum atomic E-state index is 11.5. The molecule has 1 aliphatic rings. The smallest absolute Gasteiger partial charge is 0.161 e. The van der Waals surface area contributed by atoms with Crippen LogP contribution in [-0.4, -0.2) is 11.8 Å². The van der Waals surface area contributed by atoms with E-state index in [0.29, 0.717) is 16.6 Å². The Morgan fingerprint density at radius 1 is 1.40 bits per heavy atom. The number of halogens is 1. The molecule has 0 bridgehead atoms. The quantitative estimate of drug-likeness (QED) is 0.741. The van der Waals surface area contributed by atoms with Crippen molar-refractivity contribution in [2.24, 2.45) is 0 Å². The number of Topliss-reactive ketones (excluding diaryl/α,β-unsaturated/α-hetero) is 1. The Morgan fingerprint density at radius 3 is 2.75 bits per heavy atom. The Kier molecular flexibility index (Phi) is 3.81. The second-order valence-electron chi connectivity index (χ2n) is 5.21. The Balaban J connectivity index is 1.88. The summed E-state index contributed by atoms with van der Waals surface area (Å²) < 4.78 is 0. The minimum absolute atomic E-state index is 0.0114. The van der Waals surface area contributed by atoms with Crippen molar-refractivity contribution in [1.29, 1.82) is 0 Å². The lowest BCUT2D eigenvalue weighted by molar-refractivity contribution is 0.101. The molecule has 1 heterocycles. The lowest BCUT2D eigenvalue weighted by Gasteiger charge is -2.25. The van der Waals surface area contributed by atoms with Gasteiger partial charge >= 0.3 is 0 Å². The van der Waals surface area contributed by atoms with Crippen LogP contribution in [0.3, 0.4) is 0 Å². The monoisotopic (exact) mass is 305 g/mol. The van der Waals surface area contributed by atoms with E-state index in [0.717, 1.165) is 12.2 Å². The molecule has 0 atom stereocenters. The fourth-order valence-corrected chi connectivity index (χ4v) is 3.33. The van der Waals surface area contributed by atoms with Gasteiger partial charge in [0.2, 0.25) is 0 Å². The van der Waals surface area contributed by atoms with Crippen LogP contribution >= 0.6 is 22.9 Å². The third-order valence-corrected chi connectivity index (χ3v) is 4.63. The molecule has 104 valence electrons. The minimum atomic E-state index is 0.0114. The Morgan fingerprint density at radius 2 is 2.20 bits per heavy atom. The number of carbonyl (C=O) groups excluding carboxylic acids is 1. The van der Waals surface area contributed by atoms with Crippen molar-refractivity contribution in [2.75, 3.05) is 4.90 Å². The summed E-state index contributed by atoms with van der Waals surface area (Å²) >= 11 is 7.95. The highest BCUT2D eigenvalue weighted by Crippen LogP contribution is 2.35. The molecule has 20 heavy (non-hydrogen) atoms. The van der Waals surface area contributed by atoms with Gasteiger partial charge in [0.25, 0.3) is 0 Å². The first kappa shape index (κ1) is 13.7. The summed E-state index contributed by atoms with van der Waals surface area (Å²) in [5.74, 6) is 0.0114. The number of rotatable bonds is 5. The van der Waals surface area contributed by atoms with Gasteiger partial charge in [0.15, 0.2) is 5.78 Å². The number of thiophene rings is 1. The second kappa shape index (κ2) is 5.58. The molecule has 1 aromatic carbocycles. The first-order chi connectivity index (χ1) is 9.65. The number of anilines is 1. The number of nitrogens with zero attached hydrogens (tertiary/aromatic N) is 1. The predicted octanol–water partition coefficient (Wildman–Crippen LogP) is 4.77. The highest BCUT2D eigenvalue weighted by atomic mass is 35.5. The van der Waals surface area contributed by atoms with E-state index in [9.17, 15) is 4.79 Å². The van der Waals surface area contributed by atoms with Crippen LogP contribution in [0.2, 0.25) is 5.02 Å². The molecule has 4 heteroatoms. The Hall–Kier alpha value is -1.32. The first-order valence-corrected chi connectivity index (χ1v) is 8.05. The van der Waals surface area contributed by atoms with E-state index in [4.69, 9.17) is 11.6 Å². The van der Waals surface area contributed by atoms with Crippen LogP contribution in [-0.2, 0) is 6.54 Å². The highest BCUT2D eigenvalue weighted by molar-refractivity contribution is 7.07. The molecule has 0 saturated heterocycles.